The van der Waals surface area contributed by atoms with Gasteiger partial charge in [0.05, 0.1) is 22.5 Å². The van der Waals surface area contributed by atoms with Gasteiger partial charge in [-0.05, 0) is 41.5 Å². The lowest BCUT2D eigenvalue weighted by molar-refractivity contribution is 0.00499. The smallest absolute Gasteiger partial charge is 0.341 e. The molecule has 1 aromatic carbocycles. The van der Waals surface area contributed by atoms with Crippen LogP contribution in [-0.4, -0.2) is 45.3 Å². The van der Waals surface area contributed by atoms with Gasteiger partial charge in [0.15, 0.2) is 0 Å². The Labute approximate surface area is 161 Å². The fraction of sp³-hybridized carbons (Fsp3) is 0.444. The maximum atomic E-state index is 12.5. The number of aromatic carboxylic acids is 2. The Bertz CT molecular complexity index is 789. The fourth-order valence-corrected chi connectivity index (χ4v) is 2.30. The van der Waals surface area contributed by atoms with E-state index in [4.69, 9.17) is 20.9 Å². The van der Waals surface area contributed by atoms with E-state index in [2.05, 4.69) is 0 Å². The lowest BCUT2D eigenvalue weighted by Crippen LogP contribution is -2.30. The third-order valence-corrected chi connectivity index (χ3v) is 3.21. The van der Waals surface area contributed by atoms with Gasteiger partial charge in [0.2, 0.25) is 0 Å². The van der Waals surface area contributed by atoms with Crippen molar-refractivity contribution in [2.75, 3.05) is 11.5 Å². The monoisotopic (exact) mass is 396 g/mol. The third kappa shape index (κ3) is 4.90. The van der Waals surface area contributed by atoms with E-state index < -0.39 is 68.7 Å². The first-order valence-electron chi connectivity index (χ1n) is 8.16. The number of ether oxygens (including phenoxy) is 2. The summed E-state index contributed by atoms with van der Waals surface area (Å²) in [4.78, 5) is 48.7. The highest BCUT2D eigenvalue weighted by atomic mass is 16.6. The van der Waals surface area contributed by atoms with Crippen LogP contribution in [0.2, 0.25) is 0 Å². The summed E-state index contributed by atoms with van der Waals surface area (Å²) in [5.41, 5.74) is 4.92. The molecule has 28 heavy (non-hydrogen) atoms. The van der Waals surface area contributed by atoms with Crippen molar-refractivity contribution >= 4 is 35.3 Å². The maximum absolute atomic E-state index is 12.5. The second-order valence-electron chi connectivity index (χ2n) is 7.94. The van der Waals surface area contributed by atoms with Crippen LogP contribution < -0.4 is 11.5 Å². The summed E-state index contributed by atoms with van der Waals surface area (Å²) < 4.78 is 10.2. The first-order chi connectivity index (χ1) is 12.5. The minimum absolute atomic E-state index is 0.586. The van der Waals surface area contributed by atoms with E-state index in [1.54, 1.807) is 0 Å². The molecule has 0 amide bonds. The molecule has 10 nitrogen and oxygen atoms in total. The number of hydrogen-bond acceptors (Lipinski definition) is 8. The van der Waals surface area contributed by atoms with E-state index in [0.29, 0.717) is 0 Å². The number of nitrogens with two attached hydrogens (primary N) is 2. The Morgan fingerprint density at radius 2 is 0.893 bits per heavy atom. The first-order valence-corrected chi connectivity index (χ1v) is 8.16. The molecular formula is C18H24N2O8. The highest BCUT2D eigenvalue weighted by Gasteiger charge is 2.37. The van der Waals surface area contributed by atoms with Crippen LogP contribution in [0.25, 0.3) is 0 Å². The summed E-state index contributed by atoms with van der Waals surface area (Å²) in [6.07, 6.45) is 0. The Balaban J connectivity index is 3.95. The predicted molar refractivity (Wildman–Crippen MR) is 99.5 cm³/mol. The first kappa shape index (κ1) is 22.7. The van der Waals surface area contributed by atoms with Crippen LogP contribution in [-0.2, 0) is 9.47 Å². The van der Waals surface area contributed by atoms with Crippen molar-refractivity contribution in [3.8, 4) is 0 Å². The van der Waals surface area contributed by atoms with Crippen LogP contribution in [0.3, 0.4) is 0 Å². The summed E-state index contributed by atoms with van der Waals surface area (Å²) in [5, 5.41) is 19.2. The predicted octanol–water partition coefficient (Wildman–Crippen LogP) is 2.16. The number of carboxylic acids is 2. The Morgan fingerprint density at radius 3 is 1.07 bits per heavy atom. The third-order valence-electron chi connectivity index (χ3n) is 3.21. The molecule has 0 atom stereocenters. The quantitative estimate of drug-likeness (QED) is 0.435. The second-order valence-corrected chi connectivity index (χ2v) is 7.94. The zero-order chi connectivity index (χ0) is 22.2. The van der Waals surface area contributed by atoms with Crippen LogP contribution in [0.15, 0.2) is 0 Å². The number of carbonyl (C=O) groups excluding carboxylic acids is 2. The summed E-state index contributed by atoms with van der Waals surface area (Å²) in [6.45, 7) is 9.16. The molecule has 0 saturated carbocycles. The highest BCUT2D eigenvalue weighted by molar-refractivity contribution is 6.20. The van der Waals surface area contributed by atoms with Gasteiger partial charge in [-0.25, -0.2) is 19.2 Å². The van der Waals surface area contributed by atoms with Crippen LogP contribution in [0.1, 0.15) is 83.0 Å². The molecule has 0 unspecified atom stereocenters. The number of carbonyl (C=O) groups is 4. The van der Waals surface area contributed by atoms with Gasteiger partial charge in [-0.1, -0.05) is 0 Å². The van der Waals surface area contributed by atoms with Crippen LogP contribution >= 0.6 is 0 Å². The molecule has 0 fully saturated rings. The van der Waals surface area contributed by atoms with Gasteiger partial charge in [0.1, 0.15) is 22.3 Å². The molecule has 154 valence electrons. The lowest BCUT2D eigenvalue weighted by atomic mass is 9.91. The Morgan fingerprint density at radius 1 is 0.643 bits per heavy atom. The average Bonchev–Trinajstić information content (AvgIpc) is 2.44. The van der Waals surface area contributed by atoms with E-state index in [-0.39, 0.29) is 0 Å². The van der Waals surface area contributed by atoms with Gasteiger partial charge in [-0.3, -0.25) is 0 Å². The molecule has 0 heterocycles. The minimum atomic E-state index is -1.80. The van der Waals surface area contributed by atoms with Crippen molar-refractivity contribution in [3.05, 3.63) is 22.3 Å². The molecule has 0 aliphatic carbocycles. The van der Waals surface area contributed by atoms with E-state index >= 15 is 0 Å². The Kier molecular flexibility index (Phi) is 5.99. The molecule has 10 heteroatoms. The average molecular weight is 396 g/mol. The number of esters is 2. The lowest BCUT2D eigenvalue weighted by Gasteiger charge is -2.24. The summed E-state index contributed by atoms with van der Waals surface area (Å²) in [6, 6.07) is 0. The summed E-state index contributed by atoms with van der Waals surface area (Å²) in [5.74, 6) is -5.97. The van der Waals surface area contributed by atoms with Crippen LogP contribution in [0.5, 0.6) is 0 Å². The van der Waals surface area contributed by atoms with Crippen molar-refractivity contribution in [1.29, 1.82) is 0 Å². The number of nitrogen functional groups attached to an aromatic ring is 2. The van der Waals surface area contributed by atoms with Crippen molar-refractivity contribution < 1.29 is 38.9 Å². The van der Waals surface area contributed by atoms with E-state index in [0.717, 1.165) is 0 Å². The molecule has 0 bridgehead atoms. The van der Waals surface area contributed by atoms with Gasteiger partial charge < -0.3 is 31.2 Å². The van der Waals surface area contributed by atoms with E-state index in [9.17, 15) is 29.4 Å². The fourth-order valence-electron chi connectivity index (χ4n) is 2.30. The Hall–Kier alpha value is -3.30. The molecular weight excluding hydrogens is 372 g/mol. The zero-order valence-corrected chi connectivity index (χ0v) is 16.5. The van der Waals surface area contributed by atoms with Crippen molar-refractivity contribution in [3.63, 3.8) is 0 Å². The number of anilines is 2. The van der Waals surface area contributed by atoms with E-state index in [1.807, 2.05) is 0 Å². The molecule has 1 rings (SSSR count). The van der Waals surface area contributed by atoms with Gasteiger partial charge >= 0.3 is 23.9 Å². The van der Waals surface area contributed by atoms with E-state index in [1.165, 1.54) is 41.5 Å². The standard InChI is InChI=1S/C18H24N2O8/c1-17(2,3)27-15(25)9-7(13(21)22)8(14(23)24)10(12(20)11(9)19)16(26)28-18(4,5)6/h19-20H2,1-6H3,(H,21,22)(H,23,24). The maximum Gasteiger partial charge on any atom is 0.341 e. The second kappa shape index (κ2) is 7.37. The molecule has 0 aliphatic heterocycles. The summed E-state index contributed by atoms with van der Waals surface area (Å²) in [7, 11) is 0. The number of benzene rings is 1. The zero-order valence-electron chi connectivity index (χ0n) is 16.5. The highest BCUT2D eigenvalue weighted by Crippen LogP contribution is 2.35. The SMILES string of the molecule is CC(C)(C)OC(=O)c1c(N)c(N)c(C(=O)OC(C)(C)C)c(C(=O)O)c1C(=O)O. The van der Waals surface area contributed by atoms with Gasteiger partial charge in [0, 0.05) is 0 Å². The number of carboxylic acid groups (broad SMARTS) is 2. The van der Waals surface area contributed by atoms with Gasteiger partial charge in [0.25, 0.3) is 0 Å². The van der Waals surface area contributed by atoms with Crippen molar-refractivity contribution in [2.24, 2.45) is 0 Å². The largest absolute Gasteiger partial charge is 0.478 e. The molecule has 1 aromatic rings. The molecule has 0 spiro atoms. The summed E-state index contributed by atoms with van der Waals surface area (Å²) >= 11 is 0. The minimum Gasteiger partial charge on any atom is -0.478 e. The molecule has 0 aromatic heterocycles. The molecule has 6 N–H and O–H groups in total. The van der Waals surface area contributed by atoms with Crippen molar-refractivity contribution in [1.82, 2.24) is 0 Å². The van der Waals surface area contributed by atoms with Crippen LogP contribution in [0, 0.1) is 0 Å². The molecule has 0 saturated heterocycles. The van der Waals surface area contributed by atoms with Gasteiger partial charge in [-0.2, -0.15) is 0 Å². The molecule has 0 aliphatic rings. The topological polar surface area (TPSA) is 179 Å². The van der Waals surface area contributed by atoms with Crippen LogP contribution in [0.4, 0.5) is 11.4 Å². The van der Waals surface area contributed by atoms with Gasteiger partial charge in [-0.15, -0.1) is 0 Å². The number of hydrogen-bond donors (Lipinski definition) is 4. The normalized spacial score (nSPS) is 11.6. The van der Waals surface area contributed by atoms with Crippen molar-refractivity contribution in [2.45, 2.75) is 52.7 Å². The number of rotatable bonds is 4. The molecule has 0 radical (unpaired) electrons.